The van der Waals surface area contributed by atoms with Crippen molar-refractivity contribution in [2.45, 2.75) is 40.0 Å². The lowest BCUT2D eigenvalue weighted by molar-refractivity contribution is -0.141. The molecule has 0 aromatic heterocycles. The molecule has 0 aliphatic rings. The van der Waals surface area contributed by atoms with Gasteiger partial charge >= 0.3 is 5.97 Å². The molecule has 0 radical (unpaired) electrons. The molecule has 0 aliphatic carbocycles. The molecule has 18 heavy (non-hydrogen) atoms. The number of carbonyl (C=O) groups is 1. The van der Waals surface area contributed by atoms with Crippen LogP contribution in [0, 0.1) is 45.8 Å². The predicted octanol–water partition coefficient (Wildman–Crippen LogP) is 2.55. The third kappa shape index (κ3) is 13.9. The Morgan fingerprint density at radius 1 is 1.22 bits per heavy atom. The van der Waals surface area contributed by atoms with E-state index in [2.05, 4.69) is 24.7 Å². The molecule has 0 bridgehead atoms. The maximum absolute atomic E-state index is 10.2. The Hall–Kier alpha value is -2.06. The van der Waals surface area contributed by atoms with E-state index >= 15 is 0 Å². The largest absolute Gasteiger partial charge is 0.465 e. The van der Waals surface area contributed by atoms with Crippen molar-refractivity contribution in [1.82, 2.24) is 0 Å². The molecule has 0 aliphatic heterocycles. The predicted molar refractivity (Wildman–Crippen MR) is 65.7 cm³/mol. The van der Waals surface area contributed by atoms with Crippen LogP contribution in [-0.2, 0) is 9.53 Å². The monoisotopic (exact) mass is 249 g/mol. The summed E-state index contributed by atoms with van der Waals surface area (Å²) in [5.74, 6) is -0.00185. The van der Waals surface area contributed by atoms with Crippen molar-refractivity contribution in [3.63, 3.8) is 0 Å². The van der Waals surface area contributed by atoms with Crippen molar-refractivity contribution >= 4 is 5.97 Å². The fraction of sp³-hybridized carbons (Fsp3) is 0.692. The summed E-state index contributed by atoms with van der Waals surface area (Å²) in [4.78, 5) is 10.2. The Kier molecular flexibility index (Phi) is 13.2. The second-order valence-corrected chi connectivity index (χ2v) is 3.96. The summed E-state index contributed by atoms with van der Waals surface area (Å²) in [6, 6.07) is 5.79. The number of esters is 1. The normalized spacial score (nSPS) is 10.1. The Morgan fingerprint density at radius 3 is 2.17 bits per heavy atom. The highest BCUT2D eigenvalue weighted by Crippen LogP contribution is 2.13. The molecule has 0 heterocycles. The van der Waals surface area contributed by atoms with Crippen molar-refractivity contribution in [3.8, 4) is 18.2 Å². The minimum atomic E-state index is -0.449. The van der Waals surface area contributed by atoms with Crippen LogP contribution in [0.5, 0.6) is 0 Å². The van der Waals surface area contributed by atoms with Gasteiger partial charge in [-0.15, -0.1) is 0 Å². The molecule has 98 valence electrons. The van der Waals surface area contributed by atoms with Crippen LogP contribution in [0.25, 0.3) is 0 Å². The van der Waals surface area contributed by atoms with Crippen molar-refractivity contribution in [2.24, 2.45) is 11.8 Å². The van der Waals surface area contributed by atoms with E-state index in [-0.39, 0.29) is 12.3 Å². The first-order valence-electron chi connectivity index (χ1n) is 5.80. The van der Waals surface area contributed by atoms with E-state index in [0.717, 1.165) is 6.42 Å². The van der Waals surface area contributed by atoms with E-state index in [1.165, 1.54) is 0 Å². The first-order valence-corrected chi connectivity index (χ1v) is 5.80. The second-order valence-electron chi connectivity index (χ2n) is 3.96. The highest BCUT2D eigenvalue weighted by atomic mass is 16.5. The minimum Gasteiger partial charge on any atom is -0.465 e. The third-order valence-electron chi connectivity index (χ3n) is 1.80. The van der Waals surface area contributed by atoms with E-state index in [9.17, 15) is 4.79 Å². The van der Waals surface area contributed by atoms with Crippen molar-refractivity contribution in [1.29, 1.82) is 15.8 Å². The second kappa shape index (κ2) is 13.0. The molecule has 0 saturated carbocycles. The van der Waals surface area contributed by atoms with Gasteiger partial charge in [-0.1, -0.05) is 13.8 Å². The first-order chi connectivity index (χ1) is 8.51. The van der Waals surface area contributed by atoms with Crippen LogP contribution in [0.1, 0.15) is 40.0 Å². The maximum atomic E-state index is 10.2. The van der Waals surface area contributed by atoms with Crippen molar-refractivity contribution < 1.29 is 9.53 Å². The van der Waals surface area contributed by atoms with Crippen molar-refractivity contribution in [2.75, 3.05) is 6.61 Å². The smallest absolute Gasteiger partial charge is 0.320 e. The molecular formula is C13H19N3O2. The van der Waals surface area contributed by atoms with E-state index in [4.69, 9.17) is 15.8 Å². The quantitative estimate of drug-likeness (QED) is 0.697. The zero-order valence-corrected chi connectivity index (χ0v) is 11.1. The number of ether oxygens (including phenoxy) is 1. The van der Waals surface area contributed by atoms with Gasteiger partial charge in [-0.3, -0.25) is 4.79 Å². The zero-order valence-electron chi connectivity index (χ0n) is 11.1. The summed E-state index contributed by atoms with van der Waals surface area (Å²) in [5, 5.41) is 24.7. The van der Waals surface area contributed by atoms with Gasteiger partial charge in [0.2, 0.25) is 0 Å². The Labute approximate surface area is 109 Å². The minimum absolute atomic E-state index is 0.0648. The van der Waals surface area contributed by atoms with Gasteiger partial charge in [-0.05, 0) is 19.3 Å². The SMILES string of the molecule is CC(C)CC(C#N)CC#N.CCOC(=O)CC#N. The molecule has 0 N–H and O–H groups in total. The first kappa shape index (κ1) is 18.3. The molecule has 0 rings (SSSR count). The lowest BCUT2D eigenvalue weighted by Crippen LogP contribution is -2.01. The van der Waals surface area contributed by atoms with Crippen LogP contribution < -0.4 is 0 Å². The number of hydrogen-bond acceptors (Lipinski definition) is 5. The summed E-state index contributed by atoms with van der Waals surface area (Å²) < 4.78 is 4.42. The van der Waals surface area contributed by atoms with E-state index in [1.807, 2.05) is 6.07 Å². The van der Waals surface area contributed by atoms with Gasteiger partial charge in [-0.2, -0.15) is 15.8 Å². The Morgan fingerprint density at radius 2 is 1.83 bits per heavy atom. The van der Waals surface area contributed by atoms with Crippen LogP contribution >= 0.6 is 0 Å². The van der Waals surface area contributed by atoms with Crippen LogP contribution in [0.15, 0.2) is 0 Å². The van der Waals surface area contributed by atoms with Gasteiger partial charge < -0.3 is 4.74 Å². The van der Waals surface area contributed by atoms with Gasteiger partial charge in [0.15, 0.2) is 0 Å². The molecule has 1 atom stereocenters. The number of carbonyl (C=O) groups excluding carboxylic acids is 1. The highest BCUT2D eigenvalue weighted by molar-refractivity contribution is 5.71. The fourth-order valence-corrected chi connectivity index (χ4v) is 1.14. The van der Waals surface area contributed by atoms with Crippen molar-refractivity contribution in [3.05, 3.63) is 0 Å². The van der Waals surface area contributed by atoms with E-state index in [1.54, 1.807) is 13.0 Å². The summed E-state index contributed by atoms with van der Waals surface area (Å²) in [6.45, 7) is 6.17. The lowest BCUT2D eigenvalue weighted by Gasteiger charge is -2.05. The maximum Gasteiger partial charge on any atom is 0.320 e. The van der Waals surface area contributed by atoms with Gasteiger partial charge in [0.1, 0.15) is 6.42 Å². The standard InChI is InChI=1S/C8H12N2.C5H7NO2/c1-7(2)5-8(6-10)3-4-9;1-2-8-5(7)3-4-6/h7-8H,3,5H2,1-2H3;2-3H2,1H3. The van der Waals surface area contributed by atoms with Crippen LogP contribution in [-0.4, -0.2) is 12.6 Å². The van der Waals surface area contributed by atoms with E-state index < -0.39 is 5.97 Å². The van der Waals surface area contributed by atoms with Crippen LogP contribution in [0.4, 0.5) is 0 Å². The summed E-state index contributed by atoms with van der Waals surface area (Å²) in [5.41, 5.74) is 0. The molecule has 5 nitrogen and oxygen atoms in total. The van der Waals surface area contributed by atoms with Gasteiger partial charge in [0.25, 0.3) is 0 Å². The summed E-state index contributed by atoms with van der Waals surface area (Å²) >= 11 is 0. The van der Waals surface area contributed by atoms with Gasteiger partial charge in [-0.25, -0.2) is 0 Å². The average molecular weight is 249 g/mol. The zero-order chi connectivity index (χ0) is 14.4. The molecule has 0 fully saturated rings. The lowest BCUT2D eigenvalue weighted by atomic mass is 9.96. The molecular weight excluding hydrogens is 230 g/mol. The Bertz CT molecular complexity index is 345. The molecule has 0 amide bonds. The van der Waals surface area contributed by atoms with Crippen LogP contribution in [0.3, 0.4) is 0 Å². The summed E-state index contributed by atoms with van der Waals surface area (Å²) in [6.07, 6.45) is 1.06. The van der Waals surface area contributed by atoms with Crippen LogP contribution in [0.2, 0.25) is 0 Å². The highest BCUT2D eigenvalue weighted by Gasteiger charge is 2.07. The van der Waals surface area contributed by atoms with E-state index in [0.29, 0.717) is 18.9 Å². The number of hydrogen-bond donors (Lipinski definition) is 0. The summed E-state index contributed by atoms with van der Waals surface area (Å²) in [7, 11) is 0. The average Bonchev–Trinajstić information content (AvgIpc) is 2.29. The molecule has 1 unspecified atom stereocenters. The number of nitriles is 3. The number of rotatable bonds is 5. The van der Waals surface area contributed by atoms with Gasteiger partial charge in [0, 0.05) is 0 Å². The van der Waals surface area contributed by atoms with Gasteiger partial charge in [0.05, 0.1) is 37.2 Å². The molecule has 5 heteroatoms. The molecule has 0 saturated heterocycles. The molecule has 0 aromatic rings. The molecule has 0 aromatic carbocycles. The fourth-order valence-electron chi connectivity index (χ4n) is 1.14. The third-order valence-corrected chi connectivity index (χ3v) is 1.80. The number of nitrogens with zero attached hydrogens (tertiary/aromatic N) is 3. The Balaban J connectivity index is 0. The topological polar surface area (TPSA) is 97.7 Å². The molecule has 0 spiro atoms.